The number of halogens is 1. The normalized spacial score (nSPS) is 16.3. The van der Waals surface area contributed by atoms with Gasteiger partial charge in [0.05, 0.1) is 22.4 Å². The molecule has 0 unspecified atom stereocenters. The molecule has 5 rings (SSSR count). The van der Waals surface area contributed by atoms with E-state index in [1.807, 2.05) is 43.3 Å². The van der Waals surface area contributed by atoms with E-state index in [1.165, 1.54) is 10.4 Å². The lowest BCUT2D eigenvalue weighted by atomic mass is 9.72. The lowest BCUT2D eigenvalue weighted by Crippen LogP contribution is -2.26. The van der Waals surface area contributed by atoms with E-state index >= 15 is 0 Å². The van der Waals surface area contributed by atoms with Crippen LogP contribution in [-0.2, 0) is 12.8 Å². The standard InChI is InChI=1S/C29H30ClN3OS3/c1-5-34-20-11-13-23-25(15-20)36-28(32-23)37-26(17-6-9-19(30)10-7-17)33-27-22(16-31)21-12-8-18(29(2,3)4)14-24(21)35-27/h6-7,9-11,13,15,18,26,33H,5,8,12,14H2,1-4H3/t18-,26+/m0/s1. The summed E-state index contributed by atoms with van der Waals surface area (Å²) in [6.07, 6.45) is 3.14. The molecule has 0 spiro atoms. The lowest BCUT2D eigenvalue weighted by Gasteiger charge is -2.33. The Labute approximate surface area is 236 Å². The van der Waals surface area contributed by atoms with E-state index in [1.54, 1.807) is 34.4 Å². The van der Waals surface area contributed by atoms with Gasteiger partial charge in [0.25, 0.3) is 0 Å². The maximum atomic E-state index is 10.1. The van der Waals surface area contributed by atoms with Crippen molar-refractivity contribution in [1.82, 2.24) is 4.98 Å². The van der Waals surface area contributed by atoms with Crippen LogP contribution in [0.5, 0.6) is 5.75 Å². The minimum absolute atomic E-state index is 0.116. The molecular weight excluding hydrogens is 538 g/mol. The first-order chi connectivity index (χ1) is 17.7. The van der Waals surface area contributed by atoms with Crippen molar-refractivity contribution >= 4 is 61.3 Å². The highest BCUT2D eigenvalue weighted by atomic mass is 35.5. The van der Waals surface area contributed by atoms with E-state index in [4.69, 9.17) is 21.3 Å². The molecule has 2 heterocycles. The number of benzene rings is 2. The Bertz CT molecular complexity index is 1450. The molecule has 0 radical (unpaired) electrons. The number of thioether (sulfide) groups is 1. The van der Waals surface area contributed by atoms with E-state index in [-0.39, 0.29) is 10.8 Å². The van der Waals surface area contributed by atoms with Gasteiger partial charge in [-0.05, 0) is 79.0 Å². The second-order valence-electron chi connectivity index (χ2n) is 10.4. The number of fused-ring (bicyclic) bond motifs is 2. The number of hydrogen-bond acceptors (Lipinski definition) is 7. The van der Waals surface area contributed by atoms with Crippen molar-refractivity contribution < 1.29 is 4.74 Å². The van der Waals surface area contributed by atoms with Crippen molar-refractivity contribution in [3.63, 3.8) is 0 Å². The maximum absolute atomic E-state index is 10.1. The summed E-state index contributed by atoms with van der Waals surface area (Å²) >= 11 is 11.3. The second-order valence-corrected chi connectivity index (χ2v) is 14.3. The topological polar surface area (TPSA) is 57.9 Å². The Morgan fingerprint density at radius 3 is 2.70 bits per heavy atom. The first-order valence-corrected chi connectivity index (χ1v) is 15.4. The van der Waals surface area contributed by atoms with Crippen LogP contribution in [0.15, 0.2) is 46.8 Å². The van der Waals surface area contributed by atoms with Gasteiger partial charge >= 0.3 is 0 Å². The van der Waals surface area contributed by atoms with E-state index in [0.29, 0.717) is 17.5 Å². The van der Waals surface area contributed by atoms with Crippen LogP contribution in [0.1, 0.15) is 61.1 Å². The Kier molecular flexibility index (Phi) is 7.74. The Morgan fingerprint density at radius 2 is 2.00 bits per heavy atom. The molecule has 1 aliphatic rings. The van der Waals surface area contributed by atoms with Gasteiger partial charge in [0, 0.05) is 9.90 Å². The molecule has 8 heteroatoms. The molecule has 0 amide bonds. The van der Waals surface area contributed by atoms with Crippen molar-refractivity contribution in [1.29, 1.82) is 5.26 Å². The van der Waals surface area contributed by atoms with Gasteiger partial charge in [0.2, 0.25) is 0 Å². The highest BCUT2D eigenvalue weighted by molar-refractivity contribution is 8.01. The van der Waals surface area contributed by atoms with E-state index < -0.39 is 0 Å². The second kappa shape index (κ2) is 10.9. The van der Waals surface area contributed by atoms with Crippen molar-refractivity contribution in [2.75, 3.05) is 11.9 Å². The third-order valence-electron chi connectivity index (χ3n) is 6.91. The molecule has 0 fully saturated rings. The lowest BCUT2D eigenvalue weighted by molar-refractivity contribution is 0.218. The summed E-state index contributed by atoms with van der Waals surface area (Å²) in [5.74, 6) is 1.49. The van der Waals surface area contributed by atoms with Gasteiger partial charge in [-0.2, -0.15) is 5.26 Å². The van der Waals surface area contributed by atoms with Crippen LogP contribution in [0.2, 0.25) is 5.02 Å². The molecule has 2 aromatic carbocycles. The van der Waals surface area contributed by atoms with Gasteiger partial charge in [-0.15, -0.1) is 22.7 Å². The summed E-state index contributed by atoms with van der Waals surface area (Å²) < 4.78 is 7.74. The monoisotopic (exact) mass is 567 g/mol. The molecule has 1 N–H and O–H groups in total. The van der Waals surface area contributed by atoms with Crippen LogP contribution in [-0.4, -0.2) is 11.6 Å². The van der Waals surface area contributed by atoms with Gasteiger partial charge in [-0.3, -0.25) is 0 Å². The number of hydrogen-bond donors (Lipinski definition) is 1. The van der Waals surface area contributed by atoms with E-state index in [0.717, 1.165) is 55.7 Å². The van der Waals surface area contributed by atoms with Gasteiger partial charge < -0.3 is 10.1 Å². The molecular formula is C29H30ClN3OS3. The number of aromatic nitrogens is 1. The fourth-order valence-electron chi connectivity index (χ4n) is 4.77. The summed E-state index contributed by atoms with van der Waals surface area (Å²) in [4.78, 5) is 6.24. The van der Waals surface area contributed by atoms with E-state index in [2.05, 4.69) is 38.2 Å². The Balaban J connectivity index is 1.47. The van der Waals surface area contributed by atoms with Crippen LogP contribution in [0.25, 0.3) is 10.2 Å². The van der Waals surface area contributed by atoms with Crippen molar-refractivity contribution in [3.05, 3.63) is 69.1 Å². The molecule has 0 saturated carbocycles. The highest BCUT2D eigenvalue weighted by Gasteiger charge is 2.32. The average Bonchev–Trinajstić information content (AvgIpc) is 3.42. The SMILES string of the molecule is CCOc1ccc2nc(S[C@@H](Nc3sc4c(c3C#N)CC[C@H](C(C)(C)C)C4)c3ccc(Cl)cc3)sc2c1. The number of nitrogens with zero attached hydrogens (tertiary/aromatic N) is 2. The van der Waals surface area contributed by atoms with Crippen molar-refractivity contribution in [2.45, 2.75) is 56.7 Å². The molecule has 4 aromatic rings. The highest BCUT2D eigenvalue weighted by Crippen LogP contribution is 2.47. The van der Waals surface area contributed by atoms with Crippen LogP contribution < -0.4 is 10.1 Å². The van der Waals surface area contributed by atoms with Gasteiger partial charge in [0.15, 0.2) is 4.34 Å². The quantitative estimate of drug-likeness (QED) is 0.178. The zero-order valence-electron chi connectivity index (χ0n) is 21.4. The summed E-state index contributed by atoms with van der Waals surface area (Å²) in [6, 6.07) is 16.5. The van der Waals surface area contributed by atoms with Crippen LogP contribution in [0.3, 0.4) is 0 Å². The Morgan fingerprint density at radius 1 is 1.22 bits per heavy atom. The number of thiophene rings is 1. The predicted octanol–water partition coefficient (Wildman–Crippen LogP) is 9.34. The fourth-order valence-corrected chi connectivity index (χ4v) is 8.58. The third kappa shape index (κ3) is 5.78. The van der Waals surface area contributed by atoms with E-state index in [9.17, 15) is 5.26 Å². The molecule has 192 valence electrons. The largest absolute Gasteiger partial charge is 0.494 e. The molecule has 2 aromatic heterocycles. The van der Waals surface area contributed by atoms with Gasteiger partial charge in [0.1, 0.15) is 22.2 Å². The molecule has 0 aliphatic heterocycles. The van der Waals surface area contributed by atoms with Crippen LogP contribution >= 0.6 is 46.0 Å². The summed E-state index contributed by atoms with van der Waals surface area (Å²) in [5.41, 5.74) is 4.35. The predicted molar refractivity (Wildman–Crippen MR) is 158 cm³/mol. The molecule has 37 heavy (non-hydrogen) atoms. The number of nitriles is 1. The average molecular weight is 568 g/mol. The minimum atomic E-state index is -0.116. The van der Waals surface area contributed by atoms with Crippen molar-refractivity contribution in [2.24, 2.45) is 11.3 Å². The number of ether oxygens (including phenoxy) is 1. The van der Waals surface area contributed by atoms with Crippen molar-refractivity contribution in [3.8, 4) is 11.8 Å². The summed E-state index contributed by atoms with van der Waals surface area (Å²) in [7, 11) is 0. The van der Waals surface area contributed by atoms with Gasteiger partial charge in [-0.1, -0.05) is 56.3 Å². The molecule has 1 aliphatic carbocycles. The summed E-state index contributed by atoms with van der Waals surface area (Å²) in [5, 5.41) is 15.4. The third-order valence-corrected chi connectivity index (χ3v) is 10.6. The molecule has 4 nitrogen and oxygen atoms in total. The smallest absolute Gasteiger partial charge is 0.153 e. The number of thiazole rings is 1. The molecule has 2 atom stereocenters. The van der Waals surface area contributed by atoms with Gasteiger partial charge in [-0.25, -0.2) is 4.98 Å². The first kappa shape index (κ1) is 26.4. The maximum Gasteiger partial charge on any atom is 0.153 e. The zero-order chi connectivity index (χ0) is 26.2. The zero-order valence-corrected chi connectivity index (χ0v) is 24.6. The molecule has 0 bridgehead atoms. The van der Waals surface area contributed by atoms with Crippen LogP contribution in [0, 0.1) is 22.7 Å². The number of rotatable bonds is 7. The minimum Gasteiger partial charge on any atom is -0.494 e. The Hall–Kier alpha value is -2.24. The fraction of sp³-hybridized carbons (Fsp3) is 0.379. The number of anilines is 1. The number of nitrogens with one attached hydrogen (secondary N) is 1. The molecule has 0 saturated heterocycles. The summed E-state index contributed by atoms with van der Waals surface area (Å²) in [6.45, 7) is 9.59. The van der Waals surface area contributed by atoms with Crippen LogP contribution in [0.4, 0.5) is 5.00 Å². The first-order valence-electron chi connectivity index (χ1n) is 12.5.